The number of nitrogens with one attached hydrogen (secondary N) is 1. The van der Waals surface area contributed by atoms with E-state index in [9.17, 15) is 9.00 Å². The molecule has 4 nitrogen and oxygen atoms in total. The maximum absolute atomic E-state index is 12.0. The van der Waals surface area contributed by atoms with Crippen molar-refractivity contribution in [1.82, 2.24) is 10.3 Å². The summed E-state index contributed by atoms with van der Waals surface area (Å²) in [5, 5.41) is 3.38. The fourth-order valence-corrected chi connectivity index (χ4v) is 3.43. The molecule has 1 saturated heterocycles. The molecule has 0 atom stereocenters. The van der Waals surface area contributed by atoms with Gasteiger partial charge < -0.3 is 5.32 Å². The van der Waals surface area contributed by atoms with Crippen molar-refractivity contribution in [3.63, 3.8) is 0 Å². The number of aromatic nitrogens is 1. The van der Waals surface area contributed by atoms with E-state index in [1.807, 2.05) is 0 Å². The van der Waals surface area contributed by atoms with Crippen molar-refractivity contribution in [2.75, 3.05) is 11.5 Å². The first-order chi connectivity index (χ1) is 8.56. The van der Waals surface area contributed by atoms with Gasteiger partial charge in [0.1, 0.15) is 5.15 Å². The number of carbonyl (C=O) groups excluding carboxylic acids is 1. The molecule has 1 aliphatic rings. The highest BCUT2D eigenvalue weighted by Gasteiger charge is 2.21. The second-order valence-corrected chi connectivity index (χ2v) is 6.57. The Morgan fingerprint density at radius 1 is 1.39 bits per heavy atom. The molecular weight excluding hydrogens is 295 g/mol. The highest BCUT2D eigenvalue weighted by Crippen LogP contribution is 2.19. The summed E-state index contributed by atoms with van der Waals surface area (Å²) in [4.78, 5) is 15.8. The van der Waals surface area contributed by atoms with Crippen molar-refractivity contribution >= 4 is 39.9 Å². The first-order valence-corrected chi connectivity index (χ1v) is 7.77. The maximum atomic E-state index is 12.0. The van der Waals surface area contributed by atoms with Crippen molar-refractivity contribution < 1.29 is 9.00 Å². The predicted octanol–water partition coefficient (Wildman–Crippen LogP) is 2.03. The van der Waals surface area contributed by atoms with Crippen LogP contribution in [0.3, 0.4) is 0 Å². The topological polar surface area (TPSA) is 59.1 Å². The molecule has 2 heterocycles. The fourth-order valence-electron chi connectivity index (χ4n) is 1.79. The van der Waals surface area contributed by atoms with E-state index in [0.29, 0.717) is 17.1 Å². The molecule has 1 aromatic rings. The standard InChI is InChI=1S/C11H12Cl2N2O2S/c12-9-6-14-10(13)5-8(9)11(16)15-7-1-3-18(17)4-2-7/h5-7H,1-4H2,(H,15,16). The van der Waals surface area contributed by atoms with Crippen LogP contribution in [0.2, 0.25) is 10.2 Å². The molecule has 0 bridgehead atoms. The van der Waals surface area contributed by atoms with Gasteiger partial charge >= 0.3 is 0 Å². The molecule has 98 valence electrons. The third-order valence-corrected chi connectivity index (χ3v) is 4.68. The number of hydrogen-bond acceptors (Lipinski definition) is 3. The average Bonchev–Trinajstić information content (AvgIpc) is 2.35. The van der Waals surface area contributed by atoms with E-state index in [-0.39, 0.29) is 22.1 Å². The normalized spacial score (nSPS) is 23.7. The highest BCUT2D eigenvalue weighted by atomic mass is 35.5. The van der Waals surface area contributed by atoms with E-state index in [1.165, 1.54) is 12.3 Å². The predicted molar refractivity (Wildman–Crippen MR) is 72.6 cm³/mol. The molecule has 0 aliphatic carbocycles. The molecule has 0 saturated carbocycles. The first kappa shape index (κ1) is 13.8. The van der Waals surface area contributed by atoms with Gasteiger partial charge in [-0.1, -0.05) is 23.2 Å². The van der Waals surface area contributed by atoms with Gasteiger partial charge in [-0.25, -0.2) is 4.98 Å². The largest absolute Gasteiger partial charge is 0.349 e. The van der Waals surface area contributed by atoms with Crippen LogP contribution in [0.5, 0.6) is 0 Å². The number of halogens is 2. The van der Waals surface area contributed by atoms with Crippen LogP contribution in [-0.4, -0.2) is 32.6 Å². The van der Waals surface area contributed by atoms with Crippen LogP contribution < -0.4 is 5.32 Å². The molecule has 2 rings (SSSR count). The van der Waals surface area contributed by atoms with E-state index >= 15 is 0 Å². The zero-order valence-electron chi connectivity index (χ0n) is 9.49. The van der Waals surface area contributed by atoms with Crippen LogP contribution in [-0.2, 0) is 10.8 Å². The molecule has 1 amide bonds. The lowest BCUT2D eigenvalue weighted by molar-refractivity contribution is 0.0934. The van der Waals surface area contributed by atoms with Crippen LogP contribution in [0.15, 0.2) is 12.3 Å². The monoisotopic (exact) mass is 306 g/mol. The van der Waals surface area contributed by atoms with Crippen molar-refractivity contribution in [2.45, 2.75) is 18.9 Å². The third kappa shape index (κ3) is 3.43. The van der Waals surface area contributed by atoms with E-state index < -0.39 is 10.8 Å². The quantitative estimate of drug-likeness (QED) is 0.851. The average molecular weight is 307 g/mol. The second kappa shape index (κ2) is 5.99. The summed E-state index contributed by atoms with van der Waals surface area (Å²) < 4.78 is 11.2. The van der Waals surface area contributed by atoms with Crippen molar-refractivity contribution in [3.8, 4) is 0 Å². The van der Waals surface area contributed by atoms with Gasteiger partial charge in [0.25, 0.3) is 5.91 Å². The van der Waals surface area contributed by atoms with Gasteiger partial charge in [-0.05, 0) is 18.9 Å². The van der Waals surface area contributed by atoms with Crippen molar-refractivity contribution in [3.05, 3.63) is 28.0 Å². The minimum atomic E-state index is -0.737. The number of hydrogen-bond donors (Lipinski definition) is 1. The molecule has 1 fully saturated rings. The molecule has 1 aliphatic heterocycles. The fraction of sp³-hybridized carbons (Fsp3) is 0.455. The number of pyridine rings is 1. The summed E-state index contributed by atoms with van der Waals surface area (Å²) in [6.07, 6.45) is 2.82. The molecule has 0 unspecified atom stereocenters. The molecular formula is C11H12Cl2N2O2S. The van der Waals surface area contributed by atoms with Crippen LogP contribution in [0.25, 0.3) is 0 Å². The summed E-state index contributed by atoms with van der Waals surface area (Å²) >= 11 is 11.6. The van der Waals surface area contributed by atoms with Gasteiger partial charge in [0, 0.05) is 34.5 Å². The first-order valence-electron chi connectivity index (χ1n) is 5.53. The SMILES string of the molecule is O=C(NC1CCS(=O)CC1)c1cc(Cl)ncc1Cl. The minimum Gasteiger partial charge on any atom is -0.349 e. The van der Waals surface area contributed by atoms with Crippen LogP contribution >= 0.6 is 23.2 Å². The zero-order chi connectivity index (χ0) is 13.1. The summed E-state index contributed by atoms with van der Waals surface area (Å²) in [7, 11) is -0.737. The Bertz CT molecular complexity index is 486. The van der Waals surface area contributed by atoms with Crippen molar-refractivity contribution in [1.29, 1.82) is 0 Å². The van der Waals surface area contributed by atoms with Gasteiger partial charge in [0.15, 0.2) is 0 Å². The smallest absolute Gasteiger partial charge is 0.253 e. The number of nitrogens with zero attached hydrogens (tertiary/aromatic N) is 1. The Labute approximate surface area is 118 Å². The van der Waals surface area contributed by atoms with E-state index in [0.717, 1.165) is 12.8 Å². The Morgan fingerprint density at radius 2 is 2.06 bits per heavy atom. The highest BCUT2D eigenvalue weighted by molar-refractivity contribution is 7.85. The number of amides is 1. The van der Waals surface area contributed by atoms with Gasteiger partial charge in [0.05, 0.1) is 10.6 Å². The Morgan fingerprint density at radius 3 is 2.72 bits per heavy atom. The molecule has 7 heteroatoms. The van der Waals surface area contributed by atoms with Gasteiger partial charge in [0.2, 0.25) is 0 Å². The van der Waals surface area contributed by atoms with Crippen LogP contribution in [0.1, 0.15) is 23.2 Å². The van der Waals surface area contributed by atoms with Crippen molar-refractivity contribution in [2.24, 2.45) is 0 Å². The lowest BCUT2D eigenvalue weighted by Crippen LogP contribution is -2.39. The van der Waals surface area contributed by atoms with Crippen LogP contribution in [0, 0.1) is 0 Å². The molecule has 0 aromatic carbocycles. The van der Waals surface area contributed by atoms with Gasteiger partial charge in [-0.15, -0.1) is 0 Å². The summed E-state index contributed by atoms with van der Waals surface area (Å²) in [5.74, 6) is 1.01. The Kier molecular flexibility index (Phi) is 4.59. The maximum Gasteiger partial charge on any atom is 0.253 e. The summed E-state index contributed by atoms with van der Waals surface area (Å²) in [5.41, 5.74) is 0.323. The van der Waals surface area contributed by atoms with Crippen LogP contribution in [0.4, 0.5) is 0 Å². The zero-order valence-corrected chi connectivity index (χ0v) is 11.8. The number of rotatable bonds is 2. The summed E-state index contributed by atoms with van der Waals surface area (Å²) in [6.45, 7) is 0. The third-order valence-electron chi connectivity index (χ3n) is 2.79. The second-order valence-electron chi connectivity index (χ2n) is 4.08. The molecule has 0 radical (unpaired) electrons. The lowest BCUT2D eigenvalue weighted by Gasteiger charge is -2.22. The summed E-state index contributed by atoms with van der Waals surface area (Å²) in [6, 6.07) is 1.50. The molecule has 1 N–H and O–H groups in total. The Balaban J connectivity index is 2.03. The van der Waals surface area contributed by atoms with E-state index in [1.54, 1.807) is 0 Å². The van der Waals surface area contributed by atoms with E-state index in [4.69, 9.17) is 23.2 Å². The molecule has 18 heavy (non-hydrogen) atoms. The minimum absolute atomic E-state index is 0.0539. The molecule has 0 spiro atoms. The lowest BCUT2D eigenvalue weighted by atomic mass is 10.1. The van der Waals surface area contributed by atoms with Gasteiger partial charge in [-0.2, -0.15) is 0 Å². The van der Waals surface area contributed by atoms with E-state index in [2.05, 4.69) is 10.3 Å². The number of carbonyl (C=O) groups is 1. The van der Waals surface area contributed by atoms with Gasteiger partial charge in [-0.3, -0.25) is 9.00 Å². The molecule has 1 aromatic heterocycles. The Hall–Kier alpha value is -0.650.